The van der Waals surface area contributed by atoms with Crippen LogP contribution in [0.15, 0.2) is 60.1 Å². The van der Waals surface area contributed by atoms with E-state index < -0.39 is 0 Å². The van der Waals surface area contributed by atoms with Gasteiger partial charge in [0.1, 0.15) is 17.0 Å². The van der Waals surface area contributed by atoms with Gasteiger partial charge in [-0.25, -0.2) is 0 Å². The van der Waals surface area contributed by atoms with Gasteiger partial charge in [-0.2, -0.15) is 0 Å². The lowest BCUT2D eigenvalue weighted by atomic mass is 9.52. The minimum Gasteiger partial charge on any atom is -0.508 e. The molecule has 4 unspecified atom stereocenters. The molecule has 1 saturated heterocycles. The van der Waals surface area contributed by atoms with Crippen molar-refractivity contribution in [3.63, 3.8) is 0 Å². The predicted octanol–water partition coefficient (Wildman–Crippen LogP) is 6.19. The van der Waals surface area contributed by atoms with Crippen molar-refractivity contribution in [2.24, 2.45) is 23.2 Å². The fraction of sp³-hybridized carbons (Fsp3) is 0.556. The van der Waals surface area contributed by atoms with Gasteiger partial charge in [0.25, 0.3) is 0 Å². The van der Waals surface area contributed by atoms with E-state index in [4.69, 9.17) is 9.47 Å². The molecule has 6 atom stereocenters. The van der Waals surface area contributed by atoms with Crippen molar-refractivity contribution in [1.82, 2.24) is 0 Å². The standard InChI is InChI=1S/C27H32O3/c1-17(18-7-5-4-6-8-18)26-14-11-21-19-9-12-25(2)16-23(28)24(29-3)15-22(25)20(19)10-13-27(21,26)30-26/h4-8,15,19-21,28H,1,9-14,16H2,2-3H3/t19?,20?,21?,25?,26-,27-/m1/s1. The molecule has 4 aliphatic carbocycles. The zero-order valence-electron chi connectivity index (χ0n) is 18.1. The van der Waals surface area contributed by atoms with Crippen molar-refractivity contribution in [3.8, 4) is 0 Å². The first-order chi connectivity index (χ1) is 14.4. The van der Waals surface area contributed by atoms with E-state index in [-0.39, 0.29) is 16.6 Å². The molecule has 3 heteroatoms. The van der Waals surface area contributed by atoms with Crippen molar-refractivity contribution >= 4 is 5.57 Å². The van der Waals surface area contributed by atoms with Crippen molar-refractivity contribution in [1.29, 1.82) is 0 Å². The second-order valence-corrected chi connectivity index (χ2v) is 10.5. The summed E-state index contributed by atoms with van der Waals surface area (Å²) in [5, 5.41) is 10.5. The normalized spacial score (nSPS) is 43.7. The van der Waals surface area contributed by atoms with Gasteiger partial charge in [-0.05, 0) is 78.9 Å². The van der Waals surface area contributed by atoms with Crippen LogP contribution in [0.1, 0.15) is 57.4 Å². The number of aliphatic hydroxyl groups is 1. The van der Waals surface area contributed by atoms with Crippen molar-refractivity contribution < 1.29 is 14.6 Å². The number of rotatable bonds is 3. The van der Waals surface area contributed by atoms with Gasteiger partial charge in [0.2, 0.25) is 0 Å². The van der Waals surface area contributed by atoms with E-state index >= 15 is 0 Å². The monoisotopic (exact) mass is 404 g/mol. The van der Waals surface area contributed by atoms with Crippen LogP contribution in [0, 0.1) is 23.2 Å². The second-order valence-electron chi connectivity index (χ2n) is 10.5. The topological polar surface area (TPSA) is 42.0 Å². The summed E-state index contributed by atoms with van der Waals surface area (Å²) in [6.45, 7) is 6.87. The molecule has 1 spiro atoms. The summed E-state index contributed by atoms with van der Waals surface area (Å²) in [5.74, 6) is 2.96. The van der Waals surface area contributed by atoms with Crippen LogP contribution in [0.25, 0.3) is 5.57 Å². The molecular formula is C27H32O3. The Bertz CT molecular complexity index is 975. The Morgan fingerprint density at radius 2 is 1.93 bits per heavy atom. The third-order valence-corrected chi connectivity index (χ3v) is 9.35. The molecule has 6 rings (SSSR count). The van der Waals surface area contributed by atoms with Crippen LogP contribution in [0.3, 0.4) is 0 Å². The maximum absolute atomic E-state index is 10.5. The number of aliphatic hydroxyl groups excluding tert-OH is 1. The van der Waals surface area contributed by atoms with Crippen LogP contribution >= 0.6 is 0 Å². The summed E-state index contributed by atoms with van der Waals surface area (Å²) in [6.07, 6.45) is 9.90. The van der Waals surface area contributed by atoms with Gasteiger partial charge in [-0.1, -0.05) is 49.4 Å². The predicted molar refractivity (Wildman–Crippen MR) is 118 cm³/mol. The quantitative estimate of drug-likeness (QED) is 0.611. The molecule has 158 valence electrons. The molecule has 30 heavy (non-hydrogen) atoms. The summed E-state index contributed by atoms with van der Waals surface area (Å²) in [5.41, 5.74) is 3.88. The fourth-order valence-corrected chi connectivity index (χ4v) is 7.91. The molecule has 3 nitrogen and oxygen atoms in total. The molecule has 0 amide bonds. The third kappa shape index (κ3) is 2.20. The number of epoxide rings is 1. The average Bonchev–Trinajstić information content (AvgIpc) is 3.29. The van der Waals surface area contributed by atoms with E-state index in [1.807, 2.05) is 0 Å². The zero-order chi connectivity index (χ0) is 20.7. The lowest BCUT2D eigenvalue weighted by Gasteiger charge is -2.52. The van der Waals surface area contributed by atoms with Crippen LogP contribution in [-0.2, 0) is 9.47 Å². The van der Waals surface area contributed by atoms with Gasteiger partial charge in [-0.3, -0.25) is 0 Å². The third-order valence-electron chi connectivity index (χ3n) is 9.35. The minimum absolute atomic E-state index is 0.00608. The molecule has 1 aromatic rings. The van der Waals surface area contributed by atoms with Crippen LogP contribution < -0.4 is 0 Å². The molecule has 1 N–H and O–H groups in total. The summed E-state index contributed by atoms with van der Waals surface area (Å²) in [4.78, 5) is 0. The number of ether oxygens (including phenoxy) is 2. The smallest absolute Gasteiger partial charge is 0.156 e. The highest BCUT2D eigenvalue weighted by molar-refractivity contribution is 5.76. The Hall–Kier alpha value is -2.00. The molecule has 0 bridgehead atoms. The van der Waals surface area contributed by atoms with E-state index in [1.165, 1.54) is 36.0 Å². The molecule has 4 fully saturated rings. The van der Waals surface area contributed by atoms with E-state index in [2.05, 4.69) is 49.9 Å². The lowest BCUT2D eigenvalue weighted by Crippen LogP contribution is -2.47. The van der Waals surface area contributed by atoms with Gasteiger partial charge >= 0.3 is 0 Å². The van der Waals surface area contributed by atoms with E-state index in [0.717, 1.165) is 19.3 Å². The summed E-state index contributed by atoms with van der Waals surface area (Å²) < 4.78 is 12.2. The van der Waals surface area contributed by atoms with Crippen molar-refractivity contribution in [2.45, 2.75) is 63.1 Å². The first-order valence-electron chi connectivity index (χ1n) is 11.6. The molecule has 0 radical (unpaired) electrons. The first kappa shape index (κ1) is 18.7. The number of hydrogen-bond donors (Lipinski definition) is 1. The number of fused-ring (bicyclic) bond motifs is 4. The second kappa shape index (κ2) is 6.03. The Labute approximate surface area is 179 Å². The highest BCUT2D eigenvalue weighted by atomic mass is 16.6. The maximum atomic E-state index is 10.5. The van der Waals surface area contributed by atoms with Gasteiger partial charge in [0, 0.05) is 6.42 Å². The van der Waals surface area contributed by atoms with E-state index in [9.17, 15) is 5.11 Å². The van der Waals surface area contributed by atoms with Gasteiger partial charge in [0.05, 0.1) is 7.11 Å². The average molecular weight is 405 g/mol. The van der Waals surface area contributed by atoms with Crippen LogP contribution in [0.2, 0.25) is 0 Å². The molecule has 0 aromatic heterocycles. The molecule has 5 aliphatic rings. The van der Waals surface area contributed by atoms with Gasteiger partial charge < -0.3 is 14.6 Å². The molecular weight excluding hydrogens is 372 g/mol. The molecule has 1 aliphatic heterocycles. The van der Waals surface area contributed by atoms with Gasteiger partial charge in [-0.15, -0.1) is 0 Å². The van der Waals surface area contributed by atoms with Crippen molar-refractivity contribution in [3.05, 3.63) is 65.6 Å². The van der Waals surface area contributed by atoms with E-state index in [0.29, 0.717) is 35.7 Å². The van der Waals surface area contributed by atoms with Crippen LogP contribution in [0.5, 0.6) is 0 Å². The van der Waals surface area contributed by atoms with Crippen LogP contribution in [0.4, 0.5) is 0 Å². The van der Waals surface area contributed by atoms with Gasteiger partial charge in [0.15, 0.2) is 5.76 Å². The number of allylic oxidation sites excluding steroid dienone is 3. The SMILES string of the molecule is C=C(c1ccccc1)[C@]12CCC3C4CCC5(C)CC(O)=C(OC)C=C5C4CC[C@@]31O2. The fourth-order valence-electron chi connectivity index (χ4n) is 7.91. The minimum atomic E-state index is -0.137. The lowest BCUT2D eigenvalue weighted by molar-refractivity contribution is 0.0188. The molecule has 1 heterocycles. The van der Waals surface area contributed by atoms with Crippen LogP contribution in [-0.4, -0.2) is 23.4 Å². The highest BCUT2D eigenvalue weighted by Gasteiger charge is 2.79. The molecule has 3 saturated carbocycles. The Morgan fingerprint density at radius 3 is 2.70 bits per heavy atom. The summed E-state index contributed by atoms with van der Waals surface area (Å²) in [6, 6.07) is 10.6. The number of hydrogen-bond acceptors (Lipinski definition) is 3. The Kier molecular flexibility index (Phi) is 3.77. The Morgan fingerprint density at radius 1 is 1.13 bits per heavy atom. The van der Waals surface area contributed by atoms with Crippen molar-refractivity contribution in [2.75, 3.05) is 7.11 Å². The maximum Gasteiger partial charge on any atom is 0.156 e. The zero-order valence-corrected chi connectivity index (χ0v) is 18.1. The highest BCUT2D eigenvalue weighted by Crippen LogP contribution is 2.75. The Balaban J connectivity index is 1.32. The largest absolute Gasteiger partial charge is 0.508 e. The first-order valence-corrected chi connectivity index (χ1v) is 11.6. The van der Waals surface area contributed by atoms with E-state index in [1.54, 1.807) is 7.11 Å². The number of benzene rings is 1. The summed E-state index contributed by atoms with van der Waals surface area (Å²) >= 11 is 0. The summed E-state index contributed by atoms with van der Waals surface area (Å²) in [7, 11) is 1.67. The number of methoxy groups -OCH3 is 1. The molecule has 1 aromatic carbocycles.